The van der Waals surface area contributed by atoms with Gasteiger partial charge in [0.05, 0.1) is 18.0 Å². The van der Waals surface area contributed by atoms with Crippen LogP contribution in [0.15, 0.2) is 73.1 Å². The molecule has 1 saturated heterocycles. The summed E-state index contributed by atoms with van der Waals surface area (Å²) in [5.41, 5.74) is 4.10. The normalized spacial score (nSPS) is 18.9. The second-order valence-corrected chi connectivity index (χ2v) is 7.76. The molecule has 1 fully saturated rings. The second-order valence-electron chi connectivity index (χ2n) is 7.76. The highest BCUT2D eigenvalue weighted by Crippen LogP contribution is 2.36. The summed E-state index contributed by atoms with van der Waals surface area (Å²) >= 11 is 0. The van der Waals surface area contributed by atoms with Gasteiger partial charge in [0.2, 0.25) is 0 Å². The molecule has 164 valence electrons. The van der Waals surface area contributed by atoms with Gasteiger partial charge in [0, 0.05) is 24.5 Å². The fourth-order valence-corrected chi connectivity index (χ4v) is 3.96. The van der Waals surface area contributed by atoms with Gasteiger partial charge in [0.15, 0.2) is 0 Å². The van der Waals surface area contributed by atoms with Crippen molar-refractivity contribution in [2.24, 2.45) is 0 Å². The monoisotopic (exact) mass is 434 g/mol. The van der Waals surface area contributed by atoms with Gasteiger partial charge in [-0.3, -0.25) is 0 Å². The summed E-state index contributed by atoms with van der Waals surface area (Å²) in [5.74, 6) is -0.0895. The number of phenolic OH excluding ortho intramolecular Hbond substituents is 1. The molecule has 1 aliphatic heterocycles. The van der Waals surface area contributed by atoms with Crippen LogP contribution in [0.4, 0.5) is 4.39 Å². The zero-order valence-corrected chi connectivity index (χ0v) is 17.2. The lowest BCUT2D eigenvalue weighted by Crippen LogP contribution is -2.34. The molecule has 0 bridgehead atoms. The molecule has 5 rings (SSSR count). The van der Waals surface area contributed by atoms with Gasteiger partial charge in [0.25, 0.3) is 0 Å². The average molecular weight is 434 g/mol. The molecule has 7 nitrogen and oxygen atoms in total. The third-order valence-corrected chi connectivity index (χ3v) is 5.64. The fourth-order valence-electron chi connectivity index (χ4n) is 3.96. The SMILES string of the molecule is Oc1ccc(CCN2C(O)CO[C@@H]2c2cn(-c3ccc(F)cc3)nc2-c2ccc[nH]2)cc1. The Morgan fingerprint density at radius 3 is 2.59 bits per heavy atom. The van der Waals surface area contributed by atoms with E-state index in [4.69, 9.17) is 9.84 Å². The van der Waals surface area contributed by atoms with Crippen molar-refractivity contribution >= 4 is 0 Å². The van der Waals surface area contributed by atoms with Gasteiger partial charge in [-0.2, -0.15) is 5.10 Å². The first-order valence-electron chi connectivity index (χ1n) is 10.4. The number of aliphatic hydroxyl groups excluding tert-OH is 1. The third kappa shape index (κ3) is 4.03. The van der Waals surface area contributed by atoms with Crippen molar-refractivity contribution in [3.05, 3.63) is 90.0 Å². The van der Waals surface area contributed by atoms with Crippen LogP contribution in [0.2, 0.25) is 0 Å². The number of nitrogens with one attached hydrogen (secondary N) is 1. The van der Waals surface area contributed by atoms with Crippen LogP contribution in [-0.2, 0) is 11.2 Å². The van der Waals surface area contributed by atoms with Crippen LogP contribution in [-0.4, -0.2) is 49.3 Å². The Morgan fingerprint density at radius 2 is 1.88 bits per heavy atom. The Hall–Kier alpha value is -3.46. The molecule has 0 radical (unpaired) electrons. The molecule has 8 heteroatoms. The lowest BCUT2D eigenvalue weighted by molar-refractivity contribution is -0.000598. The number of halogens is 1. The van der Waals surface area contributed by atoms with Crippen LogP contribution in [0.5, 0.6) is 5.75 Å². The van der Waals surface area contributed by atoms with E-state index in [1.54, 1.807) is 28.9 Å². The van der Waals surface area contributed by atoms with E-state index in [1.165, 1.54) is 12.1 Å². The highest BCUT2D eigenvalue weighted by Gasteiger charge is 2.37. The largest absolute Gasteiger partial charge is 0.508 e. The lowest BCUT2D eigenvalue weighted by Gasteiger charge is -2.25. The first-order chi connectivity index (χ1) is 15.6. The van der Waals surface area contributed by atoms with Gasteiger partial charge >= 0.3 is 0 Å². The van der Waals surface area contributed by atoms with Crippen molar-refractivity contribution in [3.8, 4) is 22.8 Å². The van der Waals surface area contributed by atoms with Gasteiger partial charge in [-0.25, -0.2) is 14.0 Å². The summed E-state index contributed by atoms with van der Waals surface area (Å²) in [5, 5.41) is 24.8. The predicted octanol–water partition coefficient (Wildman–Crippen LogP) is 3.60. The maximum absolute atomic E-state index is 13.4. The summed E-state index contributed by atoms with van der Waals surface area (Å²) in [6.45, 7) is 0.745. The van der Waals surface area contributed by atoms with Gasteiger partial charge < -0.3 is 19.9 Å². The minimum absolute atomic E-state index is 0.187. The molecule has 3 heterocycles. The van der Waals surface area contributed by atoms with E-state index in [-0.39, 0.29) is 18.2 Å². The van der Waals surface area contributed by atoms with E-state index in [0.717, 1.165) is 22.5 Å². The van der Waals surface area contributed by atoms with Crippen molar-refractivity contribution in [2.45, 2.75) is 18.9 Å². The van der Waals surface area contributed by atoms with Gasteiger partial charge in [-0.1, -0.05) is 12.1 Å². The van der Waals surface area contributed by atoms with Crippen LogP contribution in [0.3, 0.4) is 0 Å². The number of aromatic amines is 1. The number of aromatic hydroxyl groups is 1. The molecule has 1 unspecified atom stereocenters. The molecule has 0 saturated carbocycles. The standard InChI is InChI=1S/C24H23FN4O3/c25-17-5-7-18(8-6-17)29-14-20(23(27-29)21-2-1-12-26-21)24-28(22(31)15-32-24)13-11-16-3-9-19(30)10-4-16/h1-10,12,14,22,24,26,30-31H,11,13,15H2/t22?,24-/m1/s1. The van der Waals surface area contributed by atoms with Crippen LogP contribution in [0, 0.1) is 5.82 Å². The van der Waals surface area contributed by atoms with Crippen LogP contribution in [0.25, 0.3) is 17.1 Å². The highest BCUT2D eigenvalue weighted by molar-refractivity contribution is 5.60. The van der Waals surface area contributed by atoms with Gasteiger partial charge in [-0.15, -0.1) is 0 Å². The second kappa shape index (κ2) is 8.58. The summed E-state index contributed by atoms with van der Waals surface area (Å²) in [7, 11) is 0. The Bertz CT molecular complexity index is 1170. The first-order valence-corrected chi connectivity index (χ1v) is 10.4. The van der Waals surface area contributed by atoms with Crippen molar-refractivity contribution in [2.75, 3.05) is 13.2 Å². The van der Waals surface area contributed by atoms with Crippen molar-refractivity contribution in [1.82, 2.24) is 19.7 Å². The Balaban J connectivity index is 1.47. The number of hydrogen-bond donors (Lipinski definition) is 3. The van der Waals surface area contributed by atoms with E-state index in [2.05, 4.69) is 4.98 Å². The number of phenols is 1. The molecule has 2 aromatic heterocycles. The molecular weight excluding hydrogens is 411 g/mol. The number of nitrogens with zero attached hydrogens (tertiary/aromatic N) is 3. The van der Waals surface area contributed by atoms with E-state index >= 15 is 0 Å². The molecule has 2 aromatic carbocycles. The maximum atomic E-state index is 13.4. The number of rotatable bonds is 6. The minimum Gasteiger partial charge on any atom is -0.508 e. The number of aliphatic hydroxyl groups is 1. The summed E-state index contributed by atoms with van der Waals surface area (Å²) < 4.78 is 21.1. The molecule has 32 heavy (non-hydrogen) atoms. The fraction of sp³-hybridized carbons (Fsp3) is 0.208. The van der Waals surface area contributed by atoms with Gasteiger partial charge in [0.1, 0.15) is 29.7 Å². The molecule has 0 amide bonds. The van der Waals surface area contributed by atoms with E-state index in [1.807, 2.05) is 41.6 Å². The number of hydrogen-bond acceptors (Lipinski definition) is 5. The number of benzene rings is 2. The minimum atomic E-state index is -0.747. The Kier molecular flexibility index (Phi) is 5.48. The summed E-state index contributed by atoms with van der Waals surface area (Å²) in [6, 6.07) is 17.0. The first kappa shape index (κ1) is 20.4. The molecular formula is C24H23FN4O3. The Morgan fingerprint density at radius 1 is 1.09 bits per heavy atom. The molecule has 4 aromatic rings. The van der Waals surface area contributed by atoms with E-state index in [9.17, 15) is 14.6 Å². The highest BCUT2D eigenvalue weighted by atomic mass is 19.1. The van der Waals surface area contributed by atoms with Gasteiger partial charge in [-0.05, 0) is 60.5 Å². The summed E-state index contributed by atoms with van der Waals surface area (Å²) in [6.07, 6.45) is 3.13. The smallest absolute Gasteiger partial charge is 0.142 e. The maximum Gasteiger partial charge on any atom is 0.142 e. The number of ether oxygens (including phenoxy) is 1. The molecule has 2 atom stereocenters. The predicted molar refractivity (Wildman–Crippen MR) is 117 cm³/mol. The van der Waals surface area contributed by atoms with Crippen molar-refractivity contribution in [1.29, 1.82) is 0 Å². The molecule has 3 N–H and O–H groups in total. The van der Waals surface area contributed by atoms with E-state index in [0.29, 0.717) is 18.7 Å². The third-order valence-electron chi connectivity index (χ3n) is 5.64. The van der Waals surface area contributed by atoms with Crippen LogP contribution < -0.4 is 0 Å². The molecule has 0 spiro atoms. The van der Waals surface area contributed by atoms with E-state index < -0.39 is 12.5 Å². The van der Waals surface area contributed by atoms with Crippen molar-refractivity contribution in [3.63, 3.8) is 0 Å². The Labute approximate surface area is 184 Å². The quantitative estimate of drug-likeness (QED) is 0.432. The zero-order chi connectivity index (χ0) is 22.1. The summed E-state index contributed by atoms with van der Waals surface area (Å²) in [4.78, 5) is 5.08. The van der Waals surface area contributed by atoms with Crippen molar-refractivity contribution < 1.29 is 19.3 Å². The van der Waals surface area contributed by atoms with Crippen LogP contribution >= 0.6 is 0 Å². The zero-order valence-electron chi connectivity index (χ0n) is 17.2. The number of aromatic nitrogens is 3. The lowest BCUT2D eigenvalue weighted by atomic mass is 10.1. The van der Waals surface area contributed by atoms with Crippen LogP contribution in [0.1, 0.15) is 17.4 Å². The average Bonchev–Trinajstić information content (AvgIpc) is 3.53. The number of H-pyrrole nitrogens is 1. The molecule has 0 aliphatic carbocycles. The molecule has 1 aliphatic rings. The topological polar surface area (TPSA) is 86.5 Å².